The quantitative estimate of drug-likeness (QED) is 0.512. The molecule has 0 bridgehead atoms. The topological polar surface area (TPSA) is 55.8 Å². The molecule has 0 heterocycles. The van der Waals surface area contributed by atoms with Crippen molar-refractivity contribution in [3.63, 3.8) is 0 Å². The number of benzene rings is 2. The molecule has 0 atom stereocenters. The summed E-state index contributed by atoms with van der Waals surface area (Å²) in [6, 6.07) is 15.5. The van der Waals surface area contributed by atoms with Gasteiger partial charge in [0.05, 0.1) is 0 Å². The van der Waals surface area contributed by atoms with Crippen molar-refractivity contribution in [3.05, 3.63) is 65.7 Å². The number of carboxylic acids is 1. The van der Waals surface area contributed by atoms with Gasteiger partial charge in [-0.3, -0.25) is 0 Å². The molecule has 0 spiro atoms. The highest BCUT2D eigenvalue weighted by Gasteiger charge is 2.17. The summed E-state index contributed by atoms with van der Waals surface area (Å²) in [5, 5.41) is 8.67. The van der Waals surface area contributed by atoms with Crippen molar-refractivity contribution in [1.29, 1.82) is 0 Å². The first-order chi connectivity index (χ1) is 12.4. The minimum absolute atomic E-state index is 0.168. The summed E-state index contributed by atoms with van der Waals surface area (Å²) < 4.78 is 11.4. The largest absolute Gasteiger partial charge is 0.490 e. The first-order valence-electron chi connectivity index (χ1n) is 8.78. The molecule has 26 heavy (non-hydrogen) atoms. The third-order valence-corrected chi connectivity index (χ3v) is 4.42. The molecule has 0 fully saturated rings. The van der Waals surface area contributed by atoms with E-state index in [2.05, 4.69) is 32.9 Å². The van der Waals surface area contributed by atoms with E-state index in [0.717, 1.165) is 23.8 Å². The van der Waals surface area contributed by atoms with E-state index < -0.39 is 5.97 Å². The smallest absolute Gasteiger partial charge is 0.328 e. The fourth-order valence-corrected chi connectivity index (χ4v) is 2.40. The maximum absolute atomic E-state index is 10.6. The third kappa shape index (κ3) is 5.96. The van der Waals surface area contributed by atoms with Crippen molar-refractivity contribution >= 4 is 12.0 Å². The Bertz CT molecular complexity index is 745. The number of ether oxygens (including phenoxy) is 2. The van der Waals surface area contributed by atoms with Crippen molar-refractivity contribution in [2.75, 3.05) is 13.2 Å². The van der Waals surface area contributed by atoms with E-state index in [0.29, 0.717) is 19.0 Å². The van der Waals surface area contributed by atoms with Gasteiger partial charge in [0, 0.05) is 6.08 Å². The molecule has 0 aromatic heterocycles. The molecule has 4 heteroatoms. The molecule has 0 unspecified atom stereocenters. The highest BCUT2D eigenvalue weighted by molar-refractivity contribution is 5.85. The molecule has 2 rings (SSSR count). The fraction of sp³-hybridized carbons (Fsp3) is 0.318. The van der Waals surface area contributed by atoms with Crippen LogP contribution in [-0.4, -0.2) is 24.3 Å². The molecule has 0 aliphatic rings. The molecule has 2 aromatic carbocycles. The van der Waals surface area contributed by atoms with Crippen LogP contribution in [0.4, 0.5) is 0 Å². The lowest BCUT2D eigenvalue weighted by molar-refractivity contribution is -0.131. The van der Waals surface area contributed by atoms with Crippen molar-refractivity contribution in [1.82, 2.24) is 0 Å². The summed E-state index contributed by atoms with van der Waals surface area (Å²) in [6.45, 7) is 7.50. The summed E-state index contributed by atoms with van der Waals surface area (Å²) in [6.07, 6.45) is 3.72. The molecule has 0 radical (unpaired) electrons. The van der Waals surface area contributed by atoms with Gasteiger partial charge in [-0.15, -0.1) is 0 Å². The Hall–Kier alpha value is -2.75. The van der Waals surface area contributed by atoms with Crippen LogP contribution in [0, 0.1) is 0 Å². The van der Waals surface area contributed by atoms with E-state index in [4.69, 9.17) is 14.6 Å². The zero-order chi connectivity index (χ0) is 19.0. The molecular weight excluding hydrogens is 328 g/mol. The third-order valence-electron chi connectivity index (χ3n) is 4.42. The van der Waals surface area contributed by atoms with Crippen LogP contribution >= 0.6 is 0 Å². The number of carboxylic acid groups (broad SMARTS) is 1. The van der Waals surface area contributed by atoms with Crippen LogP contribution in [0.3, 0.4) is 0 Å². The summed E-state index contributed by atoms with van der Waals surface area (Å²) in [5.41, 5.74) is 2.25. The highest BCUT2D eigenvalue weighted by Crippen LogP contribution is 2.28. The first-order valence-corrected chi connectivity index (χ1v) is 8.78. The van der Waals surface area contributed by atoms with Crippen LogP contribution in [0.2, 0.25) is 0 Å². The van der Waals surface area contributed by atoms with Crippen LogP contribution in [0.15, 0.2) is 54.6 Å². The number of rotatable bonds is 9. The Morgan fingerprint density at radius 3 is 2.31 bits per heavy atom. The number of aliphatic carboxylic acids is 1. The second kappa shape index (κ2) is 9.09. The lowest BCUT2D eigenvalue weighted by atomic mass is 9.82. The Morgan fingerprint density at radius 1 is 1.04 bits per heavy atom. The maximum atomic E-state index is 10.6. The zero-order valence-corrected chi connectivity index (χ0v) is 15.6. The van der Waals surface area contributed by atoms with E-state index in [1.807, 2.05) is 30.3 Å². The van der Waals surface area contributed by atoms with Gasteiger partial charge in [0.1, 0.15) is 24.7 Å². The van der Waals surface area contributed by atoms with Crippen molar-refractivity contribution in [3.8, 4) is 11.5 Å². The average molecular weight is 354 g/mol. The van der Waals surface area contributed by atoms with E-state index in [1.54, 1.807) is 6.07 Å². The normalized spacial score (nSPS) is 11.5. The lowest BCUT2D eigenvalue weighted by Gasteiger charge is -2.23. The monoisotopic (exact) mass is 354 g/mol. The Labute approximate surface area is 155 Å². The van der Waals surface area contributed by atoms with Gasteiger partial charge in [0.2, 0.25) is 0 Å². The second-order valence-corrected chi connectivity index (χ2v) is 6.70. The first kappa shape index (κ1) is 19.6. The van der Waals surface area contributed by atoms with Crippen LogP contribution in [-0.2, 0) is 10.2 Å². The molecule has 0 amide bonds. The van der Waals surface area contributed by atoms with Gasteiger partial charge in [-0.25, -0.2) is 4.79 Å². The van der Waals surface area contributed by atoms with Crippen LogP contribution in [0.25, 0.3) is 6.08 Å². The number of hydrogen-bond donors (Lipinski definition) is 1. The summed E-state index contributed by atoms with van der Waals surface area (Å²) in [4.78, 5) is 10.6. The summed E-state index contributed by atoms with van der Waals surface area (Å²) in [7, 11) is 0. The summed E-state index contributed by atoms with van der Waals surface area (Å²) in [5.74, 6) is 0.529. The van der Waals surface area contributed by atoms with Gasteiger partial charge in [-0.1, -0.05) is 45.0 Å². The van der Waals surface area contributed by atoms with Gasteiger partial charge >= 0.3 is 5.97 Å². The van der Waals surface area contributed by atoms with Crippen molar-refractivity contribution in [2.45, 2.75) is 32.6 Å². The molecule has 0 saturated carbocycles. The Kier molecular flexibility index (Phi) is 6.84. The average Bonchev–Trinajstić information content (AvgIpc) is 2.64. The molecule has 0 aliphatic carbocycles. The molecular formula is C22H26O4. The molecule has 2 aromatic rings. The van der Waals surface area contributed by atoms with E-state index in [-0.39, 0.29) is 5.41 Å². The van der Waals surface area contributed by atoms with E-state index in [9.17, 15) is 4.79 Å². The van der Waals surface area contributed by atoms with Gasteiger partial charge < -0.3 is 14.6 Å². The fourth-order valence-electron chi connectivity index (χ4n) is 2.40. The molecule has 4 nitrogen and oxygen atoms in total. The number of hydrogen-bond acceptors (Lipinski definition) is 3. The van der Waals surface area contributed by atoms with Crippen molar-refractivity contribution < 1.29 is 19.4 Å². The Morgan fingerprint density at radius 2 is 1.69 bits per heavy atom. The minimum atomic E-state index is -0.974. The summed E-state index contributed by atoms with van der Waals surface area (Å²) >= 11 is 0. The standard InChI is InChI=1S/C22H26O4/c1-4-22(2,3)18-9-11-19(12-10-18)25-14-15-26-20-7-5-6-17(16-20)8-13-21(23)24/h5-13,16H,4,14-15H2,1-3H3,(H,23,24). The van der Waals surface area contributed by atoms with Crippen LogP contribution in [0.1, 0.15) is 38.3 Å². The second-order valence-electron chi connectivity index (χ2n) is 6.70. The molecule has 0 saturated heterocycles. The van der Waals surface area contributed by atoms with Gasteiger partial charge in [0.15, 0.2) is 0 Å². The SMILES string of the molecule is CCC(C)(C)c1ccc(OCCOc2cccc(C=CC(=O)O)c2)cc1. The predicted molar refractivity (Wildman–Crippen MR) is 104 cm³/mol. The molecule has 138 valence electrons. The van der Waals surface area contributed by atoms with Gasteiger partial charge in [-0.05, 0) is 53.3 Å². The predicted octanol–water partition coefficient (Wildman–Crippen LogP) is 4.93. The van der Waals surface area contributed by atoms with E-state index >= 15 is 0 Å². The van der Waals surface area contributed by atoms with Gasteiger partial charge in [0.25, 0.3) is 0 Å². The van der Waals surface area contributed by atoms with Gasteiger partial charge in [-0.2, -0.15) is 0 Å². The molecule has 0 aliphatic heterocycles. The highest BCUT2D eigenvalue weighted by atomic mass is 16.5. The maximum Gasteiger partial charge on any atom is 0.328 e. The van der Waals surface area contributed by atoms with Crippen LogP contribution < -0.4 is 9.47 Å². The molecule has 1 N–H and O–H groups in total. The zero-order valence-electron chi connectivity index (χ0n) is 15.6. The number of carbonyl (C=O) groups is 1. The van der Waals surface area contributed by atoms with Crippen LogP contribution in [0.5, 0.6) is 11.5 Å². The van der Waals surface area contributed by atoms with Crippen molar-refractivity contribution in [2.24, 2.45) is 0 Å². The van der Waals surface area contributed by atoms with E-state index in [1.165, 1.54) is 11.6 Å². The Balaban J connectivity index is 1.82. The minimum Gasteiger partial charge on any atom is -0.490 e. The lowest BCUT2D eigenvalue weighted by Crippen LogP contribution is -2.15.